The maximum atomic E-state index is 6.30. The van der Waals surface area contributed by atoms with Crippen LogP contribution < -0.4 is 5.73 Å². The molecule has 0 aromatic heterocycles. The molecule has 0 aliphatic heterocycles. The molecular weight excluding hydrogens is 346 g/mol. The van der Waals surface area contributed by atoms with E-state index in [2.05, 4.69) is 61.0 Å². The third-order valence-corrected chi connectivity index (χ3v) is 4.88. The summed E-state index contributed by atoms with van der Waals surface area (Å²) in [5, 5.41) is 0.700. The van der Waals surface area contributed by atoms with Crippen molar-refractivity contribution in [2.24, 2.45) is 5.73 Å². The Hall–Kier alpha value is -0.830. The molecule has 112 valence electrons. The molecule has 3 heteroatoms. The van der Waals surface area contributed by atoms with Crippen LogP contribution in [-0.4, -0.2) is 0 Å². The normalized spacial score (nSPS) is 13.2. The summed E-state index contributed by atoms with van der Waals surface area (Å²) in [4.78, 5) is 0. The molecule has 0 fully saturated rings. The lowest BCUT2D eigenvalue weighted by Crippen LogP contribution is -2.14. The van der Waals surface area contributed by atoms with Crippen molar-refractivity contribution in [1.82, 2.24) is 0 Å². The van der Waals surface area contributed by atoms with Crippen molar-refractivity contribution in [1.29, 1.82) is 0 Å². The summed E-state index contributed by atoms with van der Waals surface area (Å²) in [7, 11) is 0. The second-order valence-corrected chi connectivity index (χ2v) is 7.69. The first-order chi connectivity index (χ1) is 9.77. The first-order valence-electron chi connectivity index (χ1n) is 7.07. The molecule has 0 heterocycles. The molecule has 0 amide bonds. The van der Waals surface area contributed by atoms with Gasteiger partial charge in [0.2, 0.25) is 0 Å². The van der Waals surface area contributed by atoms with E-state index in [4.69, 9.17) is 17.3 Å². The first-order valence-corrected chi connectivity index (χ1v) is 8.24. The van der Waals surface area contributed by atoms with Crippen molar-refractivity contribution >= 4 is 27.5 Å². The minimum Gasteiger partial charge on any atom is -0.324 e. The lowest BCUT2D eigenvalue weighted by molar-refractivity contribution is 0.589. The highest BCUT2D eigenvalue weighted by atomic mass is 79.9. The molecule has 0 saturated carbocycles. The topological polar surface area (TPSA) is 26.0 Å². The number of nitrogens with two attached hydrogens (primary N) is 1. The van der Waals surface area contributed by atoms with Crippen molar-refractivity contribution in [3.8, 4) is 0 Å². The van der Waals surface area contributed by atoms with Crippen LogP contribution >= 0.6 is 27.5 Å². The molecule has 0 aliphatic rings. The summed E-state index contributed by atoms with van der Waals surface area (Å²) in [6, 6.07) is 14.6. The number of halogens is 2. The minimum atomic E-state index is -0.0453. The van der Waals surface area contributed by atoms with Gasteiger partial charge in [0, 0.05) is 10.5 Å². The number of hydrogen-bond donors (Lipinski definition) is 1. The van der Waals surface area contributed by atoms with Crippen LogP contribution in [0.4, 0.5) is 0 Å². The van der Waals surface area contributed by atoms with Gasteiger partial charge in [-0.3, -0.25) is 0 Å². The van der Waals surface area contributed by atoms with E-state index in [0.29, 0.717) is 5.02 Å². The minimum absolute atomic E-state index is 0.0453. The predicted molar refractivity (Wildman–Crippen MR) is 94.9 cm³/mol. The Bertz CT molecular complexity index is 614. The Morgan fingerprint density at radius 3 is 2.24 bits per heavy atom. The lowest BCUT2D eigenvalue weighted by Gasteiger charge is -2.20. The highest BCUT2D eigenvalue weighted by molar-refractivity contribution is 9.10. The van der Waals surface area contributed by atoms with Gasteiger partial charge < -0.3 is 5.73 Å². The van der Waals surface area contributed by atoms with Gasteiger partial charge in [0.1, 0.15) is 0 Å². The van der Waals surface area contributed by atoms with Gasteiger partial charge in [-0.25, -0.2) is 0 Å². The maximum Gasteiger partial charge on any atom is 0.0551 e. The first kappa shape index (κ1) is 16.5. The largest absolute Gasteiger partial charge is 0.324 e. The second kappa shape index (κ2) is 6.51. The highest BCUT2D eigenvalue weighted by Crippen LogP contribution is 2.27. The molecular formula is C18H21BrClN. The van der Waals surface area contributed by atoms with Crippen molar-refractivity contribution in [3.05, 3.63) is 68.7 Å². The Balaban J connectivity index is 2.12. The average molecular weight is 367 g/mol. The van der Waals surface area contributed by atoms with Crippen LogP contribution in [-0.2, 0) is 11.8 Å². The van der Waals surface area contributed by atoms with E-state index in [1.54, 1.807) is 0 Å². The monoisotopic (exact) mass is 365 g/mol. The van der Waals surface area contributed by atoms with Crippen LogP contribution in [0, 0.1) is 0 Å². The van der Waals surface area contributed by atoms with E-state index >= 15 is 0 Å². The van der Waals surface area contributed by atoms with Crippen LogP contribution in [0.15, 0.2) is 46.9 Å². The molecule has 0 radical (unpaired) electrons. The fraction of sp³-hybridized carbons (Fsp3) is 0.333. The predicted octanol–water partition coefficient (Wildman–Crippen LogP) is 5.64. The SMILES string of the molecule is CC(C)(C)c1ccc(CC(N)c2ccc(Br)c(Cl)c2)cc1. The van der Waals surface area contributed by atoms with Gasteiger partial charge in [-0.05, 0) is 56.6 Å². The third-order valence-electron chi connectivity index (χ3n) is 3.65. The van der Waals surface area contributed by atoms with E-state index < -0.39 is 0 Å². The molecule has 21 heavy (non-hydrogen) atoms. The maximum absolute atomic E-state index is 6.30. The fourth-order valence-electron chi connectivity index (χ4n) is 2.26. The number of rotatable bonds is 3. The summed E-state index contributed by atoms with van der Waals surface area (Å²) < 4.78 is 0.898. The van der Waals surface area contributed by atoms with Gasteiger partial charge in [0.25, 0.3) is 0 Å². The van der Waals surface area contributed by atoms with Crippen molar-refractivity contribution in [3.63, 3.8) is 0 Å². The Labute approximate surface area is 140 Å². The van der Waals surface area contributed by atoms with E-state index in [-0.39, 0.29) is 11.5 Å². The number of hydrogen-bond acceptors (Lipinski definition) is 1. The highest BCUT2D eigenvalue weighted by Gasteiger charge is 2.14. The van der Waals surface area contributed by atoms with Gasteiger partial charge in [-0.1, -0.05) is 62.7 Å². The van der Waals surface area contributed by atoms with Crippen molar-refractivity contribution < 1.29 is 0 Å². The van der Waals surface area contributed by atoms with Gasteiger partial charge >= 0.3 is 0 Å². The molecule has 0 saturated heterocycles. The molecule has 2 aromatic carbocycles. The summed E-state index contributed by atoms with van der Waals surface area (Å²) in [5.74, 6) is 0. The van der Waals surface area contributed by atoms with E-state index in [9.17, 15) is 0 Å². The van der Waals surface area contributed by atoms with E-state index in [1.807, 2.05) is 18.2 Å². The van der Waals surface area contributed by atoms with Gasteiger partial charge in [-0.2, -0.15) is 0 Å². The average Bonchev–Trinajstić information content (AvgIpc) is 2.41. The zero-order chi connectivity index (χ0) is 15.6. The molecule has 0 aliphatic carbocycles. The van der Waals surface area contributed by atoms with Crippen LogP contribution in [0.25, 0.3) is 0 Å². The molecule has 1 atom stereocenters. The Kier molecular flexibility index (Phi) is 5.13. The third kappa shape index (κ3) is 4.32. The standard InChI is InChI=1S/C18H21BrClN/c1-18(2,3)14-7-4-12(5-8-14)10-17(21)13-6-9-15(19)16(20)11-13/h4-9,11,17H,10,21H2,1-3H3. The molecule has 1 unspecified atom stereocenters. The zero-order valence-electron chi connectivity index (χ0n) is 12.7. The summed E-state index contributed by atoms with van der Waals surface area (Å²) in [6.07, 6.45) is 0.808. The van der Waals surface area contributed by atoms with Gasteiger partial charge in [0.15, 0.2) is 0 Å². The summed E-state index contributed by atoms with van der Waals surface area (Å²) in [5.41, 5.74) is 10.1. The fourth-order valence-corrected chi connectivity index (χ4v) is 2.69. The van der Waals surface area contributed by atoms with Crippen LogP contribution in [0.3, 0.4) is 0 Å². The number of benzene rings is 2. The molecule has 2 rings (SSSR count). The van der Waals surface area contributed by atoms with E-state index in [1.165, 1.54) is 11.1 Å². The molecule has 2 N–H and O–H groups in total. The zero-order valence-corrected chi connectivity index (χ0v) is 15.0. The quantitative estimate of drug-likeness (QED) is 0.747. The summed E-state index contributed by atoms with van der Waals surface area (Å²) in [6.45, 7) is 6.66. The van der Waals surface area contributed by atoms with Gasteiger partial charge in [0.05, 0.1) is 5.02 Å². The lowest BCUT2D eigenvalue weighted by atomic mass is 9.86. The Morgan fingerprint density at radius 2 is 1.71 bits per heavy atom. The smallest absolute Gasteiger partial charge is 0.0551 e. The van der Waals surface area contributed by atoms with Crippen molar-refractivity contribution in [2.45, 2.75) is 38.6 Å². The van der Waals surface area contributed by atoms with Crippen LogP contribution in [0.1, 0.15) is 43.5 Å². The van der Waals surface area contributed by atoms with Gasteiger partial charge in [-0.15, -0.1) is 0 Å². The molecule has 1 nitrogen and oxygen atoms in total. The second-order valence-electron chi connectivity index (χ2n) is 6.43. The summed E-state index contributed by atoms with van der Waals surface area (Å²) >= 11 is 9.53. The van der Waals surface area contributed by atoms with E-state index in [0.717, 1.165) is 16.5 Å². The molecule has 2 aromatic rings. The molecule has 0 spiro atoms. The van der Waals surface area contributed by atoms with Crippen LogP contribution in [0.5, 0.6) is 0 Å². The van der Waals surface area contributed by atoms with Crippen molar-refractivity contribution in [2.75, 3.05) is 0 Å². The molecule has 0 bridgehead atoms. The Morgan fingerprint density at radius 1 is 1.10 bits per heavy atom. The van der Waals surface area contributed by atoms with Crippen LogP contribution in [0.2, 0.25) is 5.02 Å².